The highest BCUT2D eigenvalue weighted by Crippen LogP contribution is 2.38. The number of nitro groups is 1. The lowest BCUT2D eigenvalue weighted by atomic mass is 9.84. The number of rotatable bonds is 3. The Morgan fingerprint density at radius 3 is 2.25 bits per heavy atom. The van der Waals surface area contributed by atoms with Crippen LogP contribution in [0.2, 0.25) is 0 Å². The zero-order valence-electron chi connectivity index (χ0n) is 13.5. The summed E-state index contributed by atoms with van der Waals surface area (Å²) in [6.07, 6.45) is 1.86. The molecule has 0 spiro atoms. The molecule has 1 aliphatic rings. The number of allylic oxidation sites excluding steroid dienone is 1. The third-order valence-corrected chi connectivity index (χ3v) is 4.41. The fourth-order valence-electron chi connectivity index (χ4n) is 3.17. The summed E-state index contributed by atoms with van der Waals surface area (Å²) in [4.78, 5) is 25.0. The van der Waals surface area contributed by atoms with Gasteiger partial charge >= 0.3 is 0 Å². The Morgan fingerprint density at radius 2 is 1.67 bits per heavy atom. The lowest BCUT2D eigenvalue weighted by Gasteiger charge is -2.38. The molecule has 2 aromatic carbocycles. The van der Waals surface area contributed by atoms with Crippen LogP contribution >= 0.6 is 0 Å². The number of Topliss-reactive ketones (excluding diaryl/α,β-unsaturated/α-hetero) is 1. The van der Waals surface area contributed by atoms with Gasteiger partial charge in [-0.05, 0) is 24.6 Å². The molecule has 122 valence electrons. The Labute approximate surface area is 140 Å². The number of carbonyl (C=O) groups excluding carboxylic acids is 1. The van der Waals surface area contributed by atoms with E-state index in [1.165, 1.54) is 12.1 Å². The first-order chi connectivity index (χ1) is 11.5. The predicted molar refractivity (Wildman–Crippen MR) is 92.7 cm³/mol. The van der Waals surface area contributed by atoms with Crippen molar-refractivity contribution in [3.8, 4) is 0 Å². The minimum atomic E-state index is -0.418. The highest BCUT2D eigenvalue weighted by Gasteiger charge is 2.35. The lowest BCUT2D eigenvalue weighted by Crippen LogP contribution is -2.37. The Kier molecular flexibility index (Phi) is 4.16. The van der Waals surface area contributed by atoms with E-state index < -0.39 is 4.92 Å². The van der Waals surface area contributed by atoms with E-state index in [4.69, 9.17) is 0 Å². The van der Waals surface area contributed by atoms with Gasteiger partial charge in [0, 0.05) is 35.5 Å². The summed E-state index contributed by atoms with van der Waals surface area (Å²) in [5.74, 6) is -0.137. The minimum Gasteiger partial charge on any atom is -0.339 e. The molecule has 1 aliphatic heterocycles. The Morgan fingerprint density at radius 1 is 1.04 bits per heavy atom. The summed E-state index contributed by atoms with van der Waals surface area (Å²) in [5.41, 5.74) is 2.63. The van der Waals surface area contributed by atoms with Gasteiger partial charge in [0.15, 0.2) is 5.78 Å². The number of non-ortho nitro benzene ring substituents is 1. The number of hydrogen-bond donors (Lipinski definition) is 0. The molecule has 0 saturated carbocycles. The second-order valence-electron chi connectivity index (χ2n) is 6.00. The second-order valence-corrected chi connectivity index (χ2v) is 6.00. The lowest BCUT2D eigenvalue weighted by molar-refractivity contribution is -0.384. The summed E-state index contributed by atoms with van der Waals surface area (Å²) in [6, 6.07) is 16.1. The SMILES string of the molecule is CC1=CN(c2ccccc2)[C@@H](c2ccc([N+](=O)[O-])cc2)[C@H](C)C1=O. The fraction of sp³-hybridized carbons (Fsp3) is 0.211. The van der Waals surface area contributed by atoms with E-state index in [0.29, 0.717) is 5.57 Å². The van der Waals surface area contributed by atoms with Gasteiger partial charge in [-0.25, -0.2) is 0 Å². The van der Waals surface area contributed by atoms with Crippen LogP contribution in [0.15, 0.2) is 66.4 Å². The molecule has 0 aliphatic carbocycles. The van der Waals surface area contributed by atoms with Crippen LogP contribution in [-0.4, -0.2) is 10.7 Å². The molecule has 3 rings (SSSR count). The molecule has 0 bridgehead atoms. The minimum absolute atomic E-state index is 0.0477. The molecular weight excluding hydrogens is 304 g/mol. The number of benzene rings is 2. The van der Waals surface area contributed by atoms with E-state index in [-0.39, 0.29) is 23.4 Å². The third kappa shape index (κ3) is 2.80. The largest absolute Gasteiger partial charge is 0.339 e. The average Bonchev–Trinajstić information content (AvgIpc) is 2.60. The zero-order valence-corrected chi connectivity index (χ0v) is 13.5. The molecular formula is C19H18N2O3. The van der Waals surface area contributed by atoms with Crippen LogP contribution < -0.4 is 4.90 Å². The Balaban J connectivity index is 2.07. The van der Waals surface area contributed by atoms with Gasteiger partial charge in [-0.3, -0.25) is 14.9 Å². The molecule has 0 amide bonds. The molecule has 2 atom stereocenters. The molecule has 2 aromatic rings. The smallest absolute Gasteiger partial charge is 0.269 e. The van der Waals surface area contributed by atoms with Crippen LogP contribution in [0.1, 0.15) is 25.5 Å². The van der Waals surface area contributed by atoms with Crippen molar-refractivity contribution >= 4 is 17.2 Å². The molecule has 0 radical (unpaired) electrons. The summed E-state index contributed by atoms with van der Waals surface area (Å²) in [5, 5.41) is 10.9. The number of anilines is 1. The predicted octanol–water partition coefficient (Wildman–Crippen LogP) is 4.27. The van der Waals surface area contributed by atoms with Crippen LogP contribution in [0.5, 0.6) is 0 Å². The number of hydrogen-bond acceptors (Lipinski definition) is 4. The first-order valence-corrected chi connectivity index (χ1v) is 7.79. The number of para-hydroxylation sites is 1. The maximum absolute atomic E-state index is 12.5. The van der Waals surface area contributed by atoms with Crippen molar-refractivity contribution in [1.29, 1.82) is 0 Å². The monoisotopic (exact) mass is 322 g/mol. The van der Waals surface area contributed by atoms with E-state index in [1.54, 1.807) is 12.1 Å². The summed E-state index contributed by atoms with van der Waals surface area (Å²) >= 11 is 0. The summed E-state index contributed by atoms with van der Waals surface area (Å²) in [7, 11) is 0. The van der Waals surface area contributed by atoms with Gasteiger partial charge in [-0.1, -0.05) is 37.3 Å². The van der Waals surface area contributed by atoms with Gasteiger partial charge < -0.3 is 4.90 Å². The van der Waals surface area contributed by atoms with Crippen molar-refractivity contribution in [2.45, 2.75) is 19.9 Å². The fourth-order valence-corrected chi connectivity index (χ4v) is 3.17. The van der Waals surface area contributed by atoms with Gasteiger partial charge in [0.2, 0.25) is 0 Å². The van der Waals surface area contributed by atoms with Crippen molar-refractivity contribution in [2.75, 3.05) is 4.90 Å². The van der Waals surface area contributed by atoms with E-state index in [9.17, 15) is 14.9 Å². The topological polar surface area (TPSA) is 63.4 Å². The number of ketones is 1. The molecule has 24 heavy (non-hydrogen) atoms. The highest BCUT2D eigenvalue weighted by atomic mass is 16.6. The molecule has 1 heterocycles. The number of nitrogens with zero attached hydrogens (tertiary/aromatic N) is 2. The quantitative estimate of drug-likeness (QED) is 0.625. The van der Waals surface area contributed by atoms with Crippen molar-refractivity contribution in [3.63, 3.8) is 0 Å². The molecule has 5 nitrogen and oxygen atoms in total. The summed E-state index contributed by atoms with van der Waals surface area (Å²) in [6.45, 7) is 3.72. The number of nitro benzene ring substituents is 1. The standard InChI is InChI=1S/C19H18N2O3/c1-13-12-20(16-6-4-3-5-7-16)18(14(2)19(13)22)15-8-10-17(11-9-15)21(23)24/h3-12,14,18H,1-2H3/t14-,18+/m0/s1. The van der Waals surface area contributed by atoms with E-state index in [2.05, 4.69) is 4.90 Å². The normalized spacial score (nSPS) is 20.7. The maximum atomic E-state index is 12.5. The number of carbonyl (C=O) groups is 1. The Hall–Kier alpha value is -2.95. The van der Waals surface area contributed by atoms with Crippen LogP contribution in [-0.2, 0) is 4.79 Å². The molecule has 0 fully saturated rings. The molecule has 0 unspecified atom stereocenters. The van der Waals surface area contributed by atoms with Gasteiger partial charge in [-0.15, -0.1) is 0 Å². The van der Waals surface area contributed by atoms with Gasteiger partial charge in [0.05, 0.1) is 11.0 Å². The molecule has 5 heteroatoms. The third-order valence-electron chi connectivity index (χ3n) is 4.41. The van der Waals surface area contributed by atoms with Gasteiger partial charge in [-0.2, -0.15) is 0 Å². The molecule has 0 aromatic heterocycles. The summed E-state index contributed by atoms with van der Waals surface area (Å²) < 4.78 is 0. The van der Waals surface area contributed by atoms with E-state index in [1.807, 2.05) is 50.4 Å². The average molecular weight is 322 g/mol. The van der Waals surface area contributed by atoms with Crippen LogP contribution in [0.25, 0.3) is 0 Å². The first kappa shape index (κ1) is 15.9. The van der Waals surface area contributed by atoms with Crippen molar-refractivity contribution in [3.05, 3.63) is 82.0 Å². The van der Waals surface area contributed by atoms with E-state index in [0.717, 1.165) is 11.3 Å². The van der Waals surface area contributed by atoms with Crippen molar-refractivity contribution in [2.24, 2.45) is 5.92 Å². The van der Waals surface area contributed by atoms with Crippen LogP contribution in [0, 0.1) is 16.0 Å². The Bertz CT molecular complexity index is 797. The van der Waals surface area contributed by atoms with Crippen molar-refractivity contribution in [1.82, 2.24) is 0 Å². The van der Waals surface area contributed by atoms with Crippen molar-refractivity contribution < 1.29 is 9.72 Å². The van der Waals surface area contributed by atoms with E-state index >= 15 is 0 Å². The zero-order chi connectivity index (χ0) is 17.3. The first-order valence-electron chi connectivity index (χ1n) is 7.79. The maximum Gasteiger partial charge on any atom is 0.269 e. The second kappa shape index (κ2) is 6.28. The molecule has 0 N–H and O–H groups in total. The van der Waals surface area contributed by atoms with Crippen LogP contribution in [0.4, 0.5) is 11.4 Å². The van der Waals surface area contributed by atoms with Gasteiger partial charge in [0.25, 0.3) is 5.69 Å². The van der Waals surface area contributed by atoms with Crippen LogP contribution in [0.3, 0.4) is 0 Å². The van der Waals surface area contributed by atoms with Gasteiger partial charge in [0.1, 0.15) is 0 Å². The highest BCUT2D eigenvalue weighted by molar-refractivity contribution is 5.99. The molecule has 0 saturated heterocycles.